The number of esters is 2. The van der Waals surface area contributed by atoms with Crippen LogP contribution in [0.4, 0.5) is 43.4 Å². The molecule has 0 bridgehead atoms. The van der Waals surface area contributed by atoms with Crippen LogP contribution in [0.25, 0.3) is 0 Å². The fourth-order valence-corrected chi connectivity index (χ4v) is 8.73. The predicted molar refractivity (Wildman–Crippen MR) is 376 cm³/mol. The molecule has 13 N–H and O–H groups in total. The van der Waals surface area contributed by atoms with Crippen LogP contribution < -0.4 is 54.2 Å². The van der Waals surface area contributed by atoms with Crippen molar-refractivity contribution in [2.75, 3.05) is 30.6 Å². The van der Waals surface area contributed by atoms with Crippen LogP contribution in [0.3, 0.4) is 0 Å². The van der Waals surface area contributed by atoms with Gasteiger partial charge in [-0.3, -0.25) is 43.6 Å². The molecule has 8 amide bonds. The Balaban J connectivity index is 0.000000335. The Morgan fingerprint density at radius 2 is 0.648 bits per heavy atom. The minimum atomic E-state index is -3.26. The number of anilines is 3. The number of nitrogens with one attached hydrogen (secondary N) is 8. The van der Waals surface area contributed by atoms with Gasteiger partial charge in [0.15, 0.2) is 12.1 Å². The topological polar surface area (TPSA) is 358 Å². The van der Waals surface area contributed by atoms with E-state index in [0.29, 0.717) is 44.9 Å². The van der Waals surface area contributed by atoms with E-state index in [1.807, 2.05) is 10.6 Å². The Bertz CT molecular complexity index is 4350. The molecule has 6 rings (SSSR count). The van der Waals surface area contributed by atoms with Crippen LogP contribution in [0.15, 0.2) is 146 Å². The summed E-state index contributed by atoms with van der Waals surface area (Å²) in [4.78, 5) is 119. The minimum Gasteiger partial charge on any atom is -0.467 e. The molecule has 0 unspecified atom stereocenters. The van der Waals surface area contributed by atoms with Gasteiger partial charge in [0.05, 0.1) is 14.2 Å². The van der Waals surface area contributed by atoms with Crippen molar-refractivity contribution in [3.8, 4) is 71.0 Å². The van der Waals surface area contributed by atoms with Crippen molar-refractivity contribution in [3.63, 3.8) is 0 Å². The molecule has 0 aliphatic carbocycles. The number of hydrogen-bond donors (Lipinski definition) is 11. The molecule has 0 fully saturated rings. The highest BCUT2D eigenvalue weighted by molar-refractivity contribution is 6.00. The fraction of sp³-hybridized carbons (Fsp3) is 0.237. The van der Waals surface area contributed by atoms with Crippen LogP contribution in [0.2, 0.25) is 0 Å². The second-order valence-electron chi connectivity index (χ2n) is 22.8. The molecule has 105 heavy (non-hydrogen) atoms. The third-order valence-corrected chi connectivity index (χ3v) is 14.4. The number of rotatable bonds is 19. The van der Waals surface area contributed by atoms with Gasteiger partial charge in [0.25, 0.3) is 42.9 Å². The molecule has 6 aromatic rings. The summed E-state index contributed by atoms with van der Waals surface area (Å²) in [5.74, 6) is 25.1. The Labute approximate surface area is 600 Å². The largest absolute Gasteiger partial charge is 0.467 e. The number of carbonyl (C=O) groups is 10. The summed E-state index contributed by atoms with van der Waals surface area (Å²) in [6, 6.07) is 32.8. The first-order valence-electron chi connectivity index (χ1n) is 30.8. The maximum absolute atomic E-state index is 13.8. The van der Waals surface area contributed by atoms with Crippen LogP contribution in [-0.2, 0) is 43.0 Å². The van der Waals surface area contributed by atoms with Crippen LogP contribution in [-0.4, -0.2) is 133 Å². The minimum absolute atomic E-state index is 0.0195. The molecule has 6 aromatic carbocycles. The first-order chi connectivity index (χ1) is 49.6. The Morgan fingerprint density at radius 3 is 0.905 bits per heavy atom. The smallest absolute Gasteiger partial charge is 0.331 e. The molecule has 0 spiro atoms. The lowest BCUT2D eigenvalue weighted by Crippen LogP contribution is -2.68. The van der Waals surface area contributed by atoms with Crippen molar-refractivity contribution in [2.45, 2.75) is 102 Å². The lowest BCUT2D eigenvalue weighted by atomic mass is 9.91. The van der Waals surface area contributed by atoms with Gasteiger partial charge >= 0.3 is 11.9 Å². The van der Waals surface area contributed by atoms with E-state index in [1.165, 1.54) is 80.0 Å². The van der Waals surface area contributed by atoms with E-state index < -0.39 is 101 Å². The molecule has 0 radical (unpaired) electrons. The maximum atomic E-state index is 13.8. The normalized spacial score (nSPS) is 12.6. The number of nitrogen functional groups attached to an aromatic ring is 1. The van der Waals surface area contributed by atoms with E-state index in [1.54, 1.807) is 84.9 Å². The monoisotopic (exact) mass is 1440 g/mol. The highest BCUT2D eigenvalue weighted by Crippen LogP contribution is 2.24. The van der Waals surface area contributed by atoms with Gasteiger partial charge in [-0.1, -0.05) is 35.5 Å². The average molecular weight is 1450 g/mol. The summed E-state index contributed by atoms with van der Waals surface area (Å²) in [5.41, 5.74) is 11.1. The molecule has 0 aromatic heterocycles. The molecule has 23 nitrogen and oxygen atoms in total. The van der Waals surface area contributed by atoms with Crippen molar-refractivity contribution >= 4 is 76.3 Å². The summed E-state index contributed by atoms with van der Waals surface area (Å²) >= 11 is 0. The molecule has 0 saturated carbocycles. The van der Waals surface area contributed by atoms with Gasteiger partial charge in [-0.15, -0.1) is 0 Å². The van der Waals surface area contributed by atoms with Gasteiger partial charge < -0.3 is 58.2 Å². The van der Waals surface area contributed by atoms with Crippen molar-refractivity contribution < 1.29 is 89.0 Å². The summed E-state index contributed by atoms with van der Waals surface area (Å²) < 4.78 is 90.6. The number of alkyl halides is 6. The Hall–Kier alpha value is -13.3. The van der Waals surface area contributed by atoms with Gasteiger partial charge in [-0.2, -0.15) is 0 Å². The number of hydrogen-bond acceptors (Lipinski definition) is 15. The van der Waals surface area contributed by atoms with E-state index in [4.69, 9.17) is 16.7 Å². The quantitative estimate of drug-likeness (QED) is 0.0107. The molecule has 0 aliphatic rings. The van der Waals surface area contributed by atoms with Gasteiger partial charge in [0, 0.05) is 94.8 Å². The summed E-state index contributed by atoms with van der Waals surface area (Å²) in [6.07, 6.45) is -9.51. The number of hydroxylamine groups is 1. The zero-order valence-corrected chi connectivity index (χ0v) is 57.6. The zero-order chi connectivity index (χ0) is 78.2. The summed E-state index contributed by atoms with van der Waals surface area (Å²) in [5, 5.41) is 24.8. The first-order valence-corrected chi connectivity index (χ1v) is 30.8. The molecule has 0 saturated heterocycles. The number of benzene rings is 6. The van der Waals surface area contributed by atoms with Crippen LogP contribution in [0.5, 0.6) is 0 Å². The van der Waals surface area contributed by atoms with Crippen LogP contribution in [0, 0.1) is 71.0 Å². The maximum Gasteiger partial charge on any atom is 0.331 e. The van der Waals surface area contributed by atoms with E-state index in [0.717, 1.165) is 54.4 Å². The van der Waals surface area contributed by atoms with E-state index in [9.17, 15) is 74.3 Å². The second-order valence-corrected chi connectivity index (χ2v) is 22.8. The van der Waals surface area contributed by atoms with Gasteiger partial charge in [0.2, 0.25) is 23.6 Å². The predicted octanol–water partition coefficient (Wildman–Crippen LogP) is 6.22. The first kappa shape index (κ1) is 84.1. The third kappa shape index (κ3) is 26.6. The van der Waals surface area contributed by atoms with Gasteiger partial charge in [-0.05, 0) is 202 Å². The third-order valence-electron chi connectivity index (χ3n) is 14.4. The number of carbonyl (C=O) groups excluding carboxylic acids is 10. The SMILES string of the molecule is CC(=O)Nc1ccc(C#CC#Cc2ccc(C(=O)N[C@H](C(=O)NO)[C@](C)(NC(C)=O)C(F)F)cc2)cc1.COC(=O)[C@@H](NC(=O)c1ccc(C#CC#Cc2ccc(N)cc2)cc1)[C@](C)(N)C(F)F.COC(=O)[C@@H](NC(=O)c1ccc(C#CC#Cc2ccc(NC(C)=O)cc2)cc1)[C@](C)(NC(C)=O)C(F)F. The molecule has 0 aliphatic heterocycles. The molecule has 6 atom stereocenters. The van der Waals surface area contributed by atoms with E-state index in [-0.39, 0.29) is 28.5 Å². The fourth-order valence-electron chi connectivity index (χ4n) is 8.73. The lowest BCUT2D eigenvalue weighted by molar-refractivity contribution is -0.149. The van der Waals surface area contributed by atoms with E-state index in [2.05, 4.69) is 107 Å². The zero-order valence-electron chi connectivity index (χ0n) is 57.6. The highest BCUT2D eigenvalue weighted by Gasteiger charge is 2.50. The van der Waals surface area contributed by atoms with Gasteiger partial charge in [0.1, 0.15) is 22.7 Å². The number of amides is 8. The second kappa shape index (κ2) is 40.2. The Morgan fingerprint density at radius 1 is 0.390 bits per heavy atom. The van der Waals surface area contributed by atoms with Crippen molar-refractivity contribution in [1.29, 1.82) is 0 Å². The summed E-state index contributed by atoms with van der Waals surface area (Å²) in [6.45, 7) is 7.59. The van der Waals surface area contributed by atoms with Crippen molar-refractivity contribution in [2.24, 2.45) is 5.73 Å². The standard InChI is InChI=1S/C27H25F2N3O5.C26H24F2N4O5.C23H21F2N3O3/c1-17(33)30-22-15-11-20(12-16-22)8-6-5-7-19-9-13-21(14-10-19)24(35)31-23(25(36)37-4)27(3,26(28)29)32-18(2)34;1-16(33)29-21-14-10-19(11-15-21)7-5-4-6-18-8-12-20(13-9-18)23(35)30-22(24(36)32-37)26(3,25(27)28)31-17(2)34;1-23(27,22(24)25)19(21(30)31-2)28-20(29)17-11-7-15(8-12-17)5-3-4-6-16-9-13-18(26)14-10-16/h9-16,23,26H,1-4H3,(H,30,33)(H,31,35)(H,32,34);8-15,22,25,37H,1-3H3,(H,29,33)(H,30,35)(H,31,34)(H,32,36);7-14,19,22H,26-27H2,1-2H3,(H,28,29)/t23-,27+;22-,26+;19-,23+/m111/s1. The average Bonchev–Trinajstić information content (AvgIpc) is 0.812. The molecule has 0 heterocycles. The van der Waals surface area contributed by atoms with Crippen molar-refractivity contribution in [3.05, 3.63) is 196 Å². The Kier molecular flexibility index (Phi) is 32.2. The lowest BCUT2D eigenvalue weighted by Gasteiger charge is -2.36. The number of halogens is 6. The molecular formula is C76H70F6N10O13. The van der Waals surface area contributed by atoms with E-state index >= 15 is 0 Å². The summed E-state index contributed by atoms with van der Waals surface area (Å²) in [7, 11) is 2.00. The highest BCUT2D eigenvalue weighted by atomic mass is 19.3. The van der Waals surface area contributed by atoms with Crippen LogP contribution in [0.1, 0.15) is 113 Å². The van der Waals surface area contributed by atoms with Crippen molar-refractivity contribution in [1.82, 2.24) is 32.1 Å². The number of methoxy groups -OCH3 is 2. The number of nitrogens with two attached hydrogens (primary N) is 2. The molecular weight excluding hydrogens is 1370 g/mol. The van der Waals surface area contributed by atoms with Crippen LogP contribution >= 0.6 is 0 Å². The molecule has 544 valence electrons. The van der Waals surface area contributed by atoms with Gasteiger partial charge in [-0.25, -0.2) is 41.4 Å². The molecule has 29 heteroatoms. The number of ether oxygens (including phenoxy) is 2.